The van der Waals surface area contributed by atoms with Crippen molar-refractivity contribution in [3.05, 3.63) is 47.0 Å². The van der Waals surface area contributed by atoms with Gasteiger partial charge in [0, 0.05) is 17.8 Å². The van der Waals surface area contributed by atoms with Gasteiger partial charge in [-0.15, -0.1) is 0 Å². The van der Waals surface area contributed by atoms with E-state index in [1.165, 1.54) is 23.7 Å². The predicted octanol–water partition coefficient (Wildman–Crippen LogP) is 1.20. The second kappa shape index (κ2) is 11.0. The maximum absolute atomic E-state index is 13.2. The summed E-state index contributed by atoms with van der Waals surface area (Å²) < 4.78 is 32.4. The van der Waals surface area contributed by atoms with Gasteiger partial charge in [-0.05, 0) is 54.9 Å². The third-order valence-corrected chi connectivity index (χ3v) is 7.51. The van der Waals surface area contributed by atoms with Gasteiger partial charge in [-0.3, -0.25) is 14.4 Å². The summed E-state index contributed by atoms with van der Waals surface area (Å²) in [5, 5.41) is 5.19. The smallest absolute Gasteiger partial charge is 0.289 e. The third kappa shape index (κ3) is 6.92. The van der Waals surface area contributed by atoms with Gasteiger partial charge in [0.2, 0.25) is 21.7 Å². The molecule has 2 amide bonds. The third-order valence-electron chi connectivity index (χ3n) is 5.14. The minimum atomic E-state index is -3.96. The first-order valence-corrected chi connectivity index (χ1v) is 13.1. The van der Waals surface area contributed by atoms with Gasteiger partial charge in [0.25, 0.3) is 5.91 Å². The van der Waals surface area contributed by atoms with Crippen LogP contribution < -0.4 is 15.4 Å². The highest BCUT2D eigenvalue weighted by Gasteiger charge is 2.33. The molecule has 0 saturated heterocycles. The van der Waals surface area contributed by atoms with E-state index in [1.807, 2.05) is 19.9 Å². The molecular weight excluding hydrogens is 464 g/mol. The van der Waals surface area contributed by atoms with E-state index in [1.54, 1.807) is 18.2 Å². The summed E-state index contributed by atoms with van der Waals surface area (Å²) in [5.41, 5.74) is 0.605. The van der Waals surface area contributed by atoms with Gasteiger partial charge in [0.1, 0.15) is 12.1 Å². The Kier molecular flexibility index (Phi) is 8.33. The lowest BCUT2D eigenvalue weighted by Gasteiger charge is -2.23. The standard InChI is InChI=1S/C22H28N4O5S2/c1-14(2)11-19(26-33(30,31)17-8-4-3-5-9-17)21(28)24-18-13-15-12-16(32-25-15)7-6-10-23-22(29)20(18)27/h3-5,8-9,12,14,18-19,26H,6-7,10-11,13H2,1-2H3,(H,23,29)(H,24,28). The van der Waals surface area contributed by atoms with E-state index in [0.717, 1.165) is 11.3 Å². The summed E-state index contributed by atoms with van der Waals surface area (Å²) in [4.78, 5) is 39.3. The van der Waals surface area contributed by atoms with Crippen molar-refractivity contribution in [1.29, 1.82) is 0 Å². The van der Waals surface area contributed by atoms with Crippen molar-refractivity contribution in [1.82, 2.24) is 19.7 Å². The van der Waals surface area contributed by atoms with Gasteiger partial charge in [-0.25, -0.2) is 8.42 Å². The number of hydrogen-bond donors (Lipinski definition) is 3. The van der Waals surface area contributed by atoms with Gasteiger partial charge in [-0.1, -0.05) is 32.0 Å². The molecule has 0 saturated carbocycles. The van der Waals surface area contributed by atoms with Gasteiger partial charge < -0.3 is 10.6 Å². The Bertz CT molecular complexity index is 1100. The van der Waals surface area contributed by atoms with Crippen molar-refractivity contribution >= 4 is 39.2 Å². The largest absolute Gasteiger partial charge is 0.349 e. The Balaban J connectivity index is 1.82. The molecule has 0 fully saturated rings. The fourth-order valence-corrected chi connectivity index (χ4v) is 5.52. The quantitative estimate of drug-likeness (QED) is 0.497. The Hall–Kier alpha value is -2.63. The molecule has 33 heavy (non-hydrogen) atoms. The second-order valence-corrected chi connectivity index (χ2v) is 11.0. The van der Waals surface area contributed by atoms with Gasteiger partial charge in [0.05, 0.1) is 10.6 Å². The van der Waals surface area contributed by atoms with Crippen LogP contribution in [-0.4, -0.2) is 49.0 Å². The molecule has 2 aromatic rings. The maximum Gasteiger partial charge on any atom is 0.289 e. The molecule has 2 atom stereocenters. The summed E-state index contributed by atoms with van der Waals surface area (Å²) in [6.07, 6.45) is 1.68. The van der Waals surface area contributed by atoms with Crippen LogP contribution in [-0.2, 0) is 37.2 Å². The number of hydrogen-bond acceptors (Lipinski definition) is 7. The summed E-state index contributed by atoms with van der Waals surface area (Å²) in [5.74, 6) is -2.23. The van der Waals surface area contributed by atoms with Crippen LogP contribution in [0.3, 0.4) is 0 Å². The van der Waals surface area contributed by atoms with E-state index in [-0.39, 0.29) is 23.7 Å². The van der Waals surface area contributed by atoms with Crippen LogP contribution in [0.4, 0.5) is 0 Å². The molecule has 3 rings (SSSR count). The highest BCUT2D eigenvalue weighted by molar-refractivity contribution is 7.89. The molecule has 2 heterocycles. The fourth-order valence-electron chi connectivity index (χ4n) is 3.51. The van der Waals surface area contributed by atoms with Crippen molar-refractivity contribution in [3.8, 4) is 0 Å². The molecule has 1 aromatic heterocycles. The molecule has 0 radical (unpaired) electrons. The van der Waals surface area contributed by atoms with Crippen LogP contribution >= 0.6 is 11.5 Å². The zero-order valence-electron chi connectivity index (χ0n) is 18.5. The number of benzene rings is 1. The molecule has 0 aliphatic carbocycles. The minimum Gasteiger partial charge on any atom is -0.349 e. The number of ketones is 1. The van der Waals surface area contributed by atoms with Crippen LogP contribution in [0.1, 0.15) is 37.3 Å². The monoisotopic (exact) mass is 492 g/mol. The number of Topliss-reactive ketones (excluding diaryl/α,β-unsaturated/α-hetero) is 1. The highest BCUT2D eigenvalue weighted by atomic mass is 32.2. The first-order valence-electron chi connectivity index (χ1n) is 10.8. The van der Waals surface area contributed by atoms with Crippen LogP contribution in [0.2, 0.25) is 0 Å². The van der Waals surface area contributed by atoms with E-state index >= 15 is 0 Å². The summed E-state index contributed by atoms with van der Waals surface area (Å²) in [7, 11) is -3.96. The molecule has 1 aliphatic rings. The first-order chi connectivity index (χ1) is 15.7. The van der Waals surface area contributed by atoms with Crippen molar-refractivity contribution < 1.29 is 22.8 Å². The van der Waals surface area contributed by atoms with Crippen LogP contribution in [0.5, 0.6) is 0 Å². The number of fused-ring (bicyclic) bond motifs is 2. The van der Waals surface area contributed by atoms with E-state index in [4.69, 9.17) is 0 Å². The molecule has 2 bridgehead atoms. The molecule has 9 nitrogen and oxygen atoms in total. The minimum absolute atomic E-state index is 0.00752. The molecular formula is C22H28N4O5S2. The lowest BCUT2D eigenvalue weighted by Crippen LogP contribution is -2.54. The lowest BCUT2D eigenvalue weighted by atomic mass is 10.0. The maximum atomic E-state index is 13.2. The summed E-state index contributed by atoms with van der Waals surface area (Å²) in [6.45, 7) is 4.06. The van der Waals surface area contributed by atoms with E-state index in [2.05, 4.69) is 19.7 Å². The number of nitrogens with one attached hydrogen (secondary N) is 3. The fraction of sp³-hybridized carbons (Fsp3) is 0.455. The summed E-state index contributed by atoms with van der Waals surface area (Å²) >= 11 is 1.33. The SMILES string of the molecule is CC(C)CC(NS(=O)(=O)c1ccccc1)C(=O)NC1Cc2cc(sn2)CCCNC(=O)C1=O. The highest BCUT2D eigenvalue weighted by Crippen LogP contribution is 2.16. The van der Waals surface area contributed by atoms with Crippen molar-refractivity contribution in [2.75, 3.05) is 6.54 Å². The van der Waals surface area contributed by atoms with E-state index < -0.39 is 39.7 Å². The summed E-state index contributed by atoms with van der Waals surface area (Å²) in [6, 6.07) is 7.35. The average molecular weight is 493 g/mol. The van der Waals surface area contributed by atoms with E-state index in [0.29, 0.717) is 18.7 Å². The normalized spacial score (nSPS) is 18.3. The zero-order valence-corrected chi connectivity index (χ0v) is 20.2. The predicted molar refractivity (Wildman–Crippen MR) is 124 cm³/mol. The topological polar surface area (TPSA) is 134 Å². The Labute approximate surface area is 197 Å². The van der Waals surface area contributed by atoms with Gasteiger partial charge in [-0.2, -0.15) is 9.10 Å². The number of rotatable bonds is 7. The van der Waals surface area contributed by atoms with Gasteiger partial charge in [0.15, 0.2) is 0 Å². The second-order valence-electron chi connectivity index (χ2n) is 8.39. The van der Waals surface area contributed by atoms with Crippen molar-refractivity contribution in [2.45, 2.75) is 56.5 Å². The Morgan fingerprint density at radius 2 is 1.97 bits per heavy atom. The molecule has 3 N–H and O–H groups in total. The van der Waals surface area contributed by atoms with Crippen LogP contribution in [0.15, 0.2) is 41.3 Å². The molecule has 1 aliphatic heterocycles. The van der Waals surface area contributed by atoms with Gasteiger partial charge >= 0.3 is 0 Å². The number of nitrogens with zero attached hydrogens (tertiary/aromatic N) is 1. The average Bonchev–Trinajstić information content (AvgIpc) is 3.21. The molecule has 2 unspecified atom stereocenters. The number of aryl methyl sites for hydroxylation is 1. The van der Waals surface area contributed by atoms with Crippen LogP contribution in [0.25, 0.3) is 0 Å². The number of aromatic nitrogens is 1. The number of sulfonamides is 1. The Morgan fingerprint density at radius 3 is 2.67 bits per heavy atom. The zero-order chi connectivity index (χ0) is 24.0. The number of carbonyl (C=O) groups excluding carboxylic acids is 3. The molecule has 0 spiro atoms. The number of carbonyl (C=O) groups is 3. The molecule has 178 valence electrons. The van der Waals surface area contributed by atoms with E-state index in [9.17, 15) is 22.8 Å². The van der Waals surface area contributed by atoms with Crippen LogP contribution in [0, 0.1) is 5.92 Å². The van der Waals surface area contributed by atoms with Crippen molar-refractivity contribution in [3.63, 3.8) is 0 Å². The molecule has 11 heteroatoms. The molecule has 1 aromatic carbocycles. The number of amides is 2. The lowest BCUT2D eigenvalue weighted by molar-refractivity contribution is -0.140. The van der Waals surface area contributed by atoms with Crippen molar-refractivity contribution in [2.24, 2.45) is 5.92 Å². The first kappa shape index (κ1) is 25.0. The Morgan fingerprint density at radius 1 is 1.24 bits per heavy atom.